The molecule has 0 spiro atoms. The predicted octanol–water partition coefficient (Wildman–Crippen LogP) is 1.67. The van der Waals surface area contributed by atoms with Crippen LogP contribution in [0.25, 0.3) is 5.65 Å². The van der Waals surface area contributed by atoms with E-state index < -0.39 is 12.0 Å². The smallest absolute Gasteiger partial charge is 0.270 e. The minimum atomic E-state index is -0.442. The van der Waals surface area contributed by atoms with Crippen molar-refractivity contribution in [2.45, 2.75) is 45.6 Å². The normalized spacial score (nSPS) is 24.0. The molecule has 1 aliphatic rings. The van der Waals surface area contributed by atoms with Gasteiger partial charge in [0.15, 0.2) is 0 Å². The van der Waals surface area contributed by atoms with Crippen LogP contribution in [0.5, 0.6) is 0 Å². The topological polar surface area (TPSA) is 83.7 Å². The van der Waals surface area contributed by atoms with Gasteiger partial charge in [-0.25, -0.2) is 4.98 Å². The Balaban J connectivity index is 1.82. The number of amides is 1. The molecule has 24 heavy (non-hydrogen) atoms. The summed E-state index contributed by atoms with van der Waals surface area (Å²) in [5.41, 5.74) is 0.723. The van der Waals surface area contributed by atoms with Gasteiger partial charge in [-0.15, -0.1) is 0 Å². The zero-order valence-corrected chi connectivity index (χ0v) is 14.1. The first kappa shape index (κ1) is 16.6. The molecule has 6 nitrogen and oxygen atoms in total. The highest BCUT2D eigenvalue weighted by Gasteiger charge is 2.35. The second-order valence-corrected chi connectivity index (χ2v) is 6.96. The molecule has 128 valence electrons. The Morgan fingerprint density at radius 1 is 1.50 bits per heavy atom. The van der Waals surface area contributed by atoms with Crippen LogP contribution < -0.4 is 10.9 Å². The summed E-state index contributed by atoms with van der Waals surface area (Å²) in [4.78, 5) is 29.2. The molecular formula is C18H23N3O3. The first-order valence-electron chi connectivity index (χ1n) is 8.36. The van der Waals surface area contributed by atoms with E-state index >= 15 is 0 Å². The largest absolute Gasteiger partial charge is 0.392 e. The summed E-state index contributed by atoms with van der Waals surface area (Å²) < 4.78 is 1.39. The number of aliphatic hydroxyl groups is 1. The fourth-order valence-electron chi connectivity index (χ4n) is 3.37. The molecule has 2 heterocycles. The second kappa shape index (κ2) is 6.36. The monoisotopic (exact) mass is 329 g/mol. The number of nitrogens with one attached hydrogen (secondary N) is 1. The number of carbonyl (C=O) groups excluding carboxylic acids is 1. The molecular weight excluding hydrogens is 306 g/mol. The Labute approximate surface area is 140 Å². The van der Waals surface area contributed by atoms with Gasteiger partial charge in [-0.2, -0.15) is 0 Å². The van der Waals surface area contributed by atoms with Gasteiger partial charge in [0, 0.05) is 24.4 Å². The average molecular weight is 329 g/mol. The summed E-state index contributed by atoms with van der Waals surface area (Å²) in [6.45, 7) is 4.20. The average Bonchev–Trinajstić information content (AvgIpc) is 2.57. The Morgan fingerprint density at radius 3 is 3.04 bits per heavy atom. The van der Waals surface area contributed by atoms with E-state index in [2.05, 4.69) is 10.3 Å². The van der Waals surface area contributed by atoms with Crippen LogP contribution in [-0.4, -0.2) is 33.0 Å². The van der Waals surface area contributed by atoms with Gasteiger partial charge in [-0.3, -0.25) is 14.0 Å². The number of aliphatic hydroxyl groups excluding tert-OH is 1. The van der Waals surface area contributed by atoms with Crippen molar-refractivity contribution < 1.29 is 9.90 Å². The molecule has 1 aliphatic carbocycles. The number of rotatable bonds is 3. The Kier molecular flexibility index (Phi) is 4.41. The van der Waals surface area contributed by atoms with Crippen LogP contribution in [0.3, 0.4) is 0 Å². The molecule has 3 rings (SSSR count). The molecule has 2 aromatic heterocycles. The summed E-state index contributed by atoms with van der Waals surface area (Å²) in [5, 5.41) is 13.0. The maximum absolute atomic E-state index is 12.5. The van der Waals surface area contributed by atoms with E-state index in [4.69, 9.17) is 0 Å². The van der Waals surface area contributed by atoms with E-state index in [1.165, 1.54) is 10.6 Å². The lowest BCUT2D eigenvalue weighted by Gasteiger charge is -2.38. The molecule has 0 bridgehead atoms. The van der Waals surface area contributed by atoms with Gasteiger partial charge in [0.2, 0.25) is 0 Å². The van der Waals surface area contributed by atoms with Crippen molar-refractivity contribution in [3.8, 4) is 0 Å². The van der Waals surface area contributed by atoms with Gasteiger partial charge < -0.3 is 10.4 Å². The summed E-state index contributed by atoms with van der Waals surface area (Å²) >= 11 is 0. The molecule has 0 aliphatic heterocycles. The van der Waals surface area contributed by atoms with E-state index in [9.17, 15) is 14.7 Å². The molecule has 2 unspecified atom stereocenters. The Morgan fingerprint density at radius 2 is 2.29 bits per heavy atom. The van der Waals surface area contributed by atoms with E-state index in [1.54, 1.807) is 12.3 Å². The summed E-state index contributed by atoms with van der Waals surface area (Å²) in [6, 6.07) is 3.62. The van der Waals surface area contributed by atoms with Gasteiger partial charge in [0.1, 0.15) is 11.2 Å². The van der Waals surface area contributed by atoms with Crippen LogP contribution in [0, 0.1) is 12.3 Å². The number of fused-ring (bicyclic) bond motifs is 1. The van der Waals surface area contributed by atoms with Crippen LogP contribution >= 0.6 is 0 Å². The number of hydrogen-bond donors (Lipinski definition) is 2. The Bertz CT molecular complexity index is 830. The molecule has 2 aromatic rings. The zero-order valence-electron chi connectivity index (χ0n) is 14.1. The fourth-order valence-corrected chi connectivity index (χ4v) is 3.37. The highest BCUT2D eigenvalue weighted by atomic mass is 16.3. The highest BCUT2D eigenvalue weighted by Crippen LogP contribution is 2.35. The second-order valence-electron chi connectivity index (χ2n) is 6.96. The molecule has 2 N–H and O–H groups in total. The van der Waals surface area contributed by atoms with Gasteiger partial charge >= 0.3 is 0 Å². The molecule has 2 atom stereocenters. The van der Waals surface area contributed by atoms with Gasteiger partial charge in [-0.1, -0.05) is 25.8 Å². The summed E-state index contributed by atoms with van der Waals surface area (Å²) in [5.74, 6) is -0.442. The first-order valence-corrected chi connectivity index (χ1v) is 8.36. The number of pyridine rings is 1. The van der Waals surface area contributed by atoms with Crippen LogP contribution in [0.1, 0.15) is 48.5 Å². The van der Waals surface area contributed by atoms with Crippen LogP contribution in [0.2, 0.25) is 0 Å². The minimum Gasteiger partial charge on any atom is -0.392 e. The molecule has 1 fully saturated rings. The third kappa shape index (κ3) is 2.94. The summed E-state index contributed by atoms with van der Waals surface area (Å²) in [7, 11) is 0. The third-order valence-corrected chi connectivity index (χ3v) is 5.10. The lowest BCUT2D eigenvalue weighted by molar-refractivity contribution is 0.00189. The SMILES string of the molecule is Cc1cccn2c(=O)c(C(=O)NCC3(C)CCCCC3O)cnc12. The number of hydrogen-bond acceptors (Lipinski definition) is 4. The first-order chi connectivity index (χ1) is 11.4. The number of carbonyl (C=O) groups is 1. The molecule has 0 aromatic carbocycles. The van der Waals surface area contributed by atoms with E-state index in [-0.39, 0.29) is 16.5 Å². The van der Waals surface area contributed by atoms with Crippen molar-refractivity contribution in [1.29, 1.82) is 0 Å². The van der Waals surface area contributed by atoms with E-state index in [0.29, 0.717) is 12.2 Å². The van der Waals surface area contributed by atoms with Crippen LogP contribution in [0.4, 0.5) is 0 Å². The molecule has 0 saturated heterocycles. The molecule has 1 amide bonds. The van der Waals surface area contributed by atoms with Crippen LogP contribution in [0.15, 0.2) is 29.3 Å². The van der Waals surface area contributed by atoms with Crippen molar-refractivity contribution >= 4 is 11.6 Å². The maximum atomic E-state index is 12.5. The van der Waals surface area contributed by atoms with E-state index in [1.807, 2.05) is 19.9 Å². The maximum Gasteiger partial charge on any atom is 0.270 e. The number of aromatic nitrogens is 2. The Hall–Kier alpha value is -2.21. The van der Waals surface area contributed by atoms with Gasteiger partial charge in [-0.05, 0) is 31.4 Å². The van der Waals surface area contributed by atoms with Crippen molar-refractivity contribution in [2.24, 2.45) is 5.41 Å². The molecule has 6 heteroatoms. The van der Waals surface area contributed by atoms with Crippen LogP contribution in [-0.2, 0) is 0 Å². The minimum absolute atomic E-state index is 0.0204. The molecule has 1 saturated carbocycles. The van der Waals surface area contributed by atoms with Gasteiger partial charge in [0.05, 0.1) is 6.10 Å². The van der Waals surface area contributed by atoms with Crippen molar-refractivity contribution in [3.05, 3.63) is 46.0 Å². The quantitative estimate of drug-likeness (QED) is 0.897. The fraction of sp³-hybridized carbons (Fsp3) is 0.500. The van der Waals surface area contributed by atoms with Crippen molar-refractivity contribution in [1.82, 2.24) is 14.7 Å². The lowest BCUT2D eigenvalue weighted by atomic mass is 9.73. The number of nitrogens with zero attached hydrogens (tertiary/aromatic N) is 2. The van der Waals surface area contributed by atoms with E-state index in [0.717, 1.165) is 31.2 Å². The predicted molar refractivity (Wildman–Crippen MR) is 91.1 cm³/mol. The highest BCUT2D eigenvalue weighted by molar-refractivity contribution is 5.93. The third-order valence-electron chi connectivity index (χ3n) is 5.10. The summed E-state index contributed by atoms with van der Waals surface area (Å²) in [6.07, 6.45) is 6.20. The lowest BCUT2D eigenvalue weighted by Crippen LogP contribution is -2.46. The standard InChI is InChI=1S/C18H23N3O3/c1-12-6-5-9-21-15(12)19-10-13(17(21)24)16(23)20-11-18(2)8-4-3-7-14(18)22/h5-6,9-10,14,22H,3-4,7-8,11H2,1-2H3,(H,20,23). The number of aryl methyl sites for hydroxylation is 1. The van der Waals surface area contributed by atoms with Gasteiger partial charge in [0.25, 0.3) is 11.5 Å². The van der Waals surface area contributed by atoms with Crippen molar-refractivity contribution in [2.75, 3.05) is 6.54 Å². The zero-order chi connectivity index (χ0) is 17.3. The molecule has 0 radical (unpaired) electrons. The van der Waals surface area contributed by atoms with Crippen molar-refractivity contribution in [3.63, 3.8) is 0 Å².